The maximum Gasteiger partial charge on any atom is 0.265 e. The van der Waals surface area contributed by atoms with Gasteiger partial charge in [-0.05, 0) is 63.3 Å². The van der Waals surface area contributed by atoms with Crippen LogP contribution in [0.2, 0.25) is 0 Å². The van der Waals surface area contributed by atoms with Gasteiger partial charge in [-0.3, -0.25) is 9.59 Å². The second-order valence-electron chi connectivity index (χ2n) is 8.76. The molecule has 0 aliphatic carbocycles. The van der Waals surface area contributed by atoms with E-state index in [0.29, 0.717) is 48.9 Å². The number of amides is 2. The topological polar surface area (TPSA) is 99.3 Å². The number of likely N-dealkylation sites (N-methyl/N-ethyl adjacent to an activating group) is 1. The summed E-state index contributed by atoms with van der Waals surface area (Å²) in [5.74, 6) is 0.0584. The molecular formula is C24H30N4O5S. The van der Waals surface area contributed by atoms with Crippen LogP contribution in [-0.2, 0) is 14.8 Å². The highest BCUT2D eigenvalue weighted by atomic mass is 32.2. The molecule has 0 unspecified atom stereocenters. The van der Waals surface area contributed by atoms with Crippen LogP contribution in [0.25, 0.3) is 0 Å². The summed E-state index contributed by atoms with van der Waals surface area (Å²) < 4.78 is 32.7. The molecule has 34 heavy (non-hydrogen) atoms. The number of anilines is 2. The zero-order valence-electron chi connectivity index (χ0n) is 19.5. The summed E-state index contributed by atoms with van der Waals surface area (Å²) in [6, 6.07) is 11.2. The van der Waals surface area contributed by atoms with Crippen molar-refractivity contribution in [2.75, 3.05) is 57.1 Å². The van der Waals surface area contributed by atoms with Gasteiger partial charge in [0, 0.05) is 43.5 Å². The van der Waals surface area contributed by atoms with Crippen molar-refractivity contribution in [3.8, 4) is 5.75 Å². The average Bonchev–Trinajstić information content (AvgIpc) is 2.84. The molecule has 2 heterocycles. The van der Waals surface area contributed by atoms with Crippen molar-refractivity contribution in [3.63, 3.8) is 0 Å². The number of nitrogens with zero attached hydrogens (tertiary/aromatic N) is 3. The van der Waals surface area contributed by atoms with Gasteiger partial charge in [0.1, 0.15) is 5.75 Å². The second kappa shape index (κ2) is 10.1. The minimum atomic E-state index is -3.54. The van der Waals surface area contributed by atoms with Crippen molar-refractivity contribution in [2.24, 2.45) is 0 Å². The largest absolute Gasteiger partial charge is 0.481 e. The molecule has 4 rings (SSSR count). The molecule has 2 aliphatic rings. The maximum absolute atomic E-state index is 12.8. The molecule has 2 amide bonds. The molecule has 2 aromatic rings. The van der Waals surface area contributed by atoms with Crippen molar-refractivity contribution >= 4 is 33.2 Å². The van der Waals surface area contributed by atoms with Crippen molar-refractivity contribution in [3.05, 3.63) is 48.0 Å². The van der Waals surface area contributed by atoms with E-state index in [-0.39, 0.29) is 23.3 Å². The van der Waals surface area contributed by atoms with E-state index in [0.717, 1.165) is 19.3 Å². The Bertz CT molecular complexity index is 1160. The lowest BCUT2D eigenvalue weighted by Crippen LogP contribution is -2.42. The molecule has 0 bridgehead atoms. The molecule has 1 saturated heterocycles. The Kier molecular flexibility index (Phi) is 7.20. The molecular weight excluding hydrogens is 456 g/mol. The Hall–Kier alpha value is -2.95. The first-order valence-electron chi connectivity index (χ1n) is 11.4. The third-order valence-electron chi connectivity index (χ3n) is 6.00. The van der Waals surface area contributed by atoms with Gasteiger partial charge < -0.3 is 19.9 Å². The normalized spacial score (nSPS) is 16.8. The Labute approximate surface area is 200 Å². The van der Waals surface area contributed by atoms with E-state index in [1.165, 1.54) is 28.6 Å². The molecule has 1 fully saturated rings. The van der Waals surface area contributed by atoms with Gasteiger partial charge in [-0.15, -0.1) is 0 Å². The molecule has 1 N–H and O–H groups in total. The summed E-state index contributed by atoms with van der Waals surface area (Å²) in [7, 11) is 0.345. The summed E-state index contributed by atoms with van der Waals surface area (Å²) in [6.45, 7) is 2.27. The van der Waals surface area contributed by atoms with Crippen LogP contribution >= 0.6 is 0 Å². The van der Waals surface area contributed by atoms with E-state index in [1.54, 1.807) is 23.1 Å². The number of ether oxygens (including phenoxy) is 1. The van der Waals surface area contributed by atoms with E-state index >= 15 is 0 Å². The Morgan fingerprint density at radius 3 is 2.44 bits per heavy atom. The number of piperidine rings is 1. The number of carbonyl (C=O) groups is 2. The number of benzene rings is 2. The van der Waals surface area contributed by atoms with Crippen molar-refractivity contribution in [1.82, 2.24) is 9.21 Å². The highest BCUT2D eigenvalue weighted by Gasteiger charge is 2.27. The zero-order valence-corrected chi connectivity index (χ0v) is 20.3. The van der Waals surface area contributed by atoms with Crippen LogP contribution in [0.15, 0.2) is 47.4 Å². The monoisotopic (exact) mass is 486 g/mol. The molecule has 182 valence electrons. The zero-order chi connectivity index (χ0) is 24.3. The summed E-state index contributed by atoms with van der Waals surface area (Å²) in [5.41, 5.74) is 1.54. The van der Waals surface area contributed by atoms with E-state index in [4.69, 9.17) is 4.74 Å². The average molecular weight is 487 g/mol. The molecule has 0 aromatic heterocycles. The quantitative estimate of drug-likeness (QED) is 0.645. The predicted octanol–water partition coefficient (Wildman–Crippen LogP) is 2.40. The highest BCUT2D eigenvalue weighted by molar-refractivity contribution is 7.89. The highest BCUT2D eigenvalue weighted by Crippen LogP contribution is 2.34. The van der Waals surface area contributed by atoms with Gasteiger partial charge in [0.25, 0.3) is 11.8 Å². The first kappa shape index (κ1) is 24.2. The Morgan fingerprint density at radius 1 is 1.06 bits per heavy atom. The SMILES string of the molecule is CN(C)CCN1C(=O)COc2cc(NC(=O)c3ccc(S(=O)(=O)N4CCCCC4)cc3)ccc21. The number of rotatable bonds is 7. The van der Waals surface area contributed by atoms with E-state index in [1.807, 2.05) is 19.0 Å². The predicted molar refractivity (Wildman–Crippen MR) is 130 cm³/mol. The van der Waals surface area contributed by atoms with E-state index < -0.39 is 10.0 Å². The van der Waals surface area contributed by atoms with Crippen LogP contribution in [0.4, 0.5) is 11.4 Å². The van der Waals surface area contributed by atoms with Crippen LogP contribution in [0.1, 0.15) is 29.6 Å². The molecule has 10 heteroatoms. The fourth-order valence-electron chi connectivity index (χ4n) is 4.06. The smallest absolute Gasteiger partial charge is 0.265 e. The van der Waals surface area contributed by atoms with E-state index in [9.17, 15) is 18.0 Å². The van der Waals surface area contributed by atoms with Crippen LogP contribution in [-0.4, -0.2) is 76.3 Å². The lowest BCUT2D eigenvalue weighted by Gasteiger charge is -2.30. The lowest BCUT2D eigenvalue weighted by atomic mass is 10.2. The molecule has 0 radical (unpaired) electrons. The van der Waals surface area contributed by atoms with Gasteiger partial charge in [0.05, 0.1) is 10.6 Å². The van der Waals surface area contributed by atoms with Crippen molar-refractivity contribution in [1.29, 1.82) is 0 Å². The van der Waals surface area contributed by atoms with Crippen LogP contribution in [0.5, 0.6) is 5.75 Å². The standard InChI is InChI=1S/C24H30N4O5S/c1-26(2)14-15-28-21-11-8-19(16-22(21)33-17-23(28)29)25-24(30)18-6-9-20(10-7-18)34(31,32)27-12-4-3-5-13-27/h6-11,16H,3-5,12-15,17H2,1-2H3,(H,25,30). The van der Waals surface area contributed by atoms with Gasteiger partial charge >= 0.3 is 0 Å². The Balaban J connectivity index is 1.45. The van der Waals surface area contributed by atoms with Crippen molar-refractivity contribution in [2.45, 2.75) is 24.2 Å². The number of hydrogen-bond acceptors (Lipinski definition) is 6. The number of fused-ring (bicyclic) bond motifs is 1. The summed E-state index contributed by atoms with van der Waals surface area (Å²) in [4.78, 5) is 28.9. The minimum Gasteiger partial charge on any atom is -0.481 e. The summed E-state index contributed by atoms with van der Waals surface area (Å²) >= 11 is 0. The fourth-order valence-corrected chi connectivity index (χ4v) is 5.58. The fraction of sp³-hybridized carbons (Fsp3) is 0.417. The molecule has 0 spiro atoms. The summed E-state index contributed by atoms with van der Waals surface area (Å²) in [5, 5.41) is 2.82. The minimum absolute atomic E-state index is 0.0508. The lowest BCUT2D eigenvalue weighted by molar-refractivity contribution is -0.121. The third-order valence-corrected chi connectivity index (χ3v) is 7.91. The first-order valence-corrected chi connectivity index (χ1v) is 12.8. The van der Waals surface area contributed by atoms with Crippen molar-refractivity contribution < 1.29 is 22.7 Å². The molecule has 2 aromatic carbocycles. The summed E-state index contributed by atoms with van der Waals surface area (Å²) in [6.07, 6.45) is 2.78. The number of sulfonamides is 1. The third kappa shape index (κ3) is 5.24. The maximum atomic E-state index is 12.8. The van der Waals surface area contributed by atoms with Crippen LogP contribution in [0.3, 0.4) is 0 Å². The number of hydrogen-bond donors (Lipinski definition) is 1. The number of carbonyl (C=O) groups excluding carboxylic acids is 2. The number of nitrogens with one attached hydrogen (secondary N) is 1. The van der Waals surface area contributed by atoms with Gasteiger partial charge in [-0.2, -0.15) is 4.31 Å². The van der Waals surface area contributed by atoms with Gasteiger partial charge in [-0.25, -0.2) is 8.42 Å². The molecule has 0 atom stereocenters. The molecule has 2 aliphatic heterocycles. The van der Waals surface area contributed by atoms with Gasteiger partial charge in [-0.1, -0.05) is 6.42 Å². The Morgan fingerprint density at radius 2 is 1.76 bits per heavy atom. The first-order chi connectivity index (χ1) is 16.3. The van der Waals surface area contributed by atoms with Crippen LogP contribution < -0.4 is 15.0 Å². The van der Waals surface area contributed by atoms with Gasteiger partial charge in [0.2, 0.25) is 10.0 Å². The van der Waals surface area contributed by atoms with Crippen LogP contribution in [0, 0.1) is 0 Å². The second-order valence-corrected chi connectivity index (χ2v) is 10.7. The molecule has 9 nitrogen and oxygen atoms in total. The molecule has 0 saturated carbocycles. The van der Waals surface area contributed by atoms with E-state index in [2.05, 4.69) is 5.32 Å². The van der Waals surface area contributed by atoms with Gasteiger partial charge in [0.15, 0.2) is 6.61 Å².